The molecule has 0 aliphatic rings. The monoisotopic (exact) mass is 210 g/mol. The molecule has 0 N–H and O–H groups in total. The molecular formula is C9H16F2OS. The first-order valence-corrected chi connectivity index (χ1v) is 5.48. The van der Waals surface area contributed by atoms with Crippen LogP contribution in [0, 0.1) is 0 Å². The third-order valence-corrected chi connectivity index (χ3v) is 2.50. The van der Waals surface area contributed by atoms with Crippen molar-refractivity contribution in [3.63, 3.8) is 0 Å². The molecule has 0 spiro atoms. The summed E-state index contributed by atoms with van der Waals surface area (Å²) in [5, 5.41) is -0.0434. The summed E-state index contributed by atoms with van der Waals surface area (Å²) >= 11 is 1.05. The van der Waals surface area contributed by atoms with Gasteiger partial charge in [0.05, 0.1) is 0 Å². The Labute approximate surface area is 82.3 Å². The first-order valence-electron chi connectivity index (χ1n) is 4.49. The number of hydrogen-bond acceptors (Lipinski definition) is 2. The van der Waals surface area contributed by atoms with Crippen LogP contribution in [0.3, 0.4) is 0 Å². The van der Waals surface area contributed by atoms with Gasteiger partial charge in [-0.25, -0.2) is 8.78 Å². The summed E-state index contributed by atoms with van der Waals surface area (Å²) in [6.07, 6.45) is -1.72. The maximum Gasteiger partial charge on any atom is 0.185 e. The Hall–Kier alpha value is -0.120. The SMILES string of the molecule is CCCC(F)C(F)CCSC(C)=O. The van der Waals surface area contributed by atoms with E-state index in [0.29, 0.717) is 12.2 Å². The van der Waals surface area contributed by atoms with Gasteiger partial charge in [-0.3, -0.25) is 4.79 Å². The highest BCUT2D eigenvalue weighted by Gasteiger charge is 2.18. The summed E-state index contributed by atoms with van der Waals surface area (Å²) in [7, 11) is 0. The van der Waals surface area contributed by atoms with Crippen LogP contribution in [0.15, 0.2) is 0 Å². The van der Waals surface area contributed by atoms with Crippen molar-refractivity contribution in [2.75, 3.05) is 5.75 Å². The van der Waals surface area contributed by atoms with Gasteiger partial charge in [-0.2, -0.15) is 0 Å². The molecule has 13 heavy (non-hydrogen) atoms. The van der Waals surface area contributed by atoms with Crippen molar-refractivity contribution >= 4 is 16.9 Å². The Bertz CT molecular complexity index is 153. The van der Waals surface area contributed by atoms with Gasteiger partial charge in [0.1, 0.15) is 12.3 Å². The molecule has 0 saturated heterocycles. The molecule has 0 bridgehead atoms. The van der Waals surface area contributed by atoms with Crippen molar-refractivity contribution in [1.29, 1.82) is 0 Å². The molecule has 0 aliphatic heterocycles. The molecule has 0 saturated carbocycles. The third kappa shape index (κ3) is 6.99. The number of thioether (sulfide) groups is 1. The number of halogens is 2. The molecule has 0 aromatic heterocycles. The van der Waals surface area contributed by atoms with Crippen molar-refractivity contribution in [2.45, 2.75) is 45.5 Å². The van der Waals surface area contributed by atoms with E-state index in [1.54, 1.807) is 0 Å². The molecule has 2 unspecified atom stereocenters. The lowest BCUT2D eigenvalue weighted by Crippen LogP contribution is -2.17. The zero-order chi connectivity index (χ0) is 10.3. The molecular weight excluding hydrogens is 194 g/mol. The predicted octanol–water partition coefficient (Wildman–Crippen LogP) is 3.13. The van der Waals surface area contributed by atoms with Crippen molar-refractivity contribution in [1.82, 2.24) is 0 Å². The molecule has 0 fully saturated rings. The Balaban J connectivity index is 3.49. The Morgan fingerprint density at radius 1 is 1.31 bits per heavy atom. The van der Waals surface area contributed by atoms with Crippen LogP contribution < -0.4 is 0 Å². The molecule has 1 nitrogen and oxygen atoms in total. The molecule has 4 heteroatoms. The predicted molar refractivity (Wildman–Crippen MR) is 52.5 cm³/mol. The average Bonchev–Trinajstić information content (AvgIpc) is 2.04. The van der Waals surface area contributed by atoms with E-state index in [9.17, 15) is 13.6 Å². The number of rotatable bonds is 6. The largest absolute Gasteiger partial charge is 0.288 e. The highest BCUT2D eigenvalue weighted by molar-refractivity contribution is 8.13. The fourth-order valence-corrected chi connectivity index (χ4v) is 1.58. The molecule has 0 heterocycles. The third-order valence-electron chi connectivity index (χ3n) is 1.66. The fourth-order valence-electron chi connectivity index (χ4n) is 0.953. The lowest BCUT2D eigenvalue weighted by molar-refractivity contribution is -0.109. The molecule has 0 aromatic rings. The number of carbonyl (C=O) groups is 1. The van der Waals surface area contributed by atoms with E-state index in [-0.39, 0.29) is 18.0 Å². The van der Waals surface area contributed by atoms with E-state index in [1.165, 1.54) is 6.92 Å². The maximum absolute atomic E-state index is 12.9. The van der Waals surface area contributed by atoms with Gasteiger partial charge in [-0.1, -0.05) is 25.1 Å². The molecule has 0 amide bonds. The van der Waals surface area contributed by atoms with Gasteiger partial charge in [0.25, 0.3) is 0 Å². The lowest BCUT2D eigenvalue weighted by atomic mass is 10.1. The van der Waals surface area contributed by atoms with Gasteiger partial charge in [-0.05, 0) is 12.8 Å². The van der Waals surface area contributed by atoms with Crippen LogP contribution in [0.1, 0.15) is 33.1 Å². The second-order valence-corrected chi connectivity index (χ2v) is 4.22. The Morgan fingerprint density at radius 2 is 1.85 bits per heavy atom. The van der Waals surface area contributed by atoms with Crippen LogP contribution >= 0.6 is 11.8 Å². The van der Waals surface area contributed by atoms with E-state index >= 15 is 0 Å². The van der Waals surface area contributed by atoms with Crippen LogP contribution in [-0.2, 0) is 4.79 Å². The maximum atomic E-state index is 12.9. The zero-order valence-electron chi connectivity index (χ0n) is 8.06. The first kappa shape index (κ1) is 12.9. The Kier molecular flexibility index (Phi) is 7.23. The summed E-state index contributed by atoms with van der Waals surface area (Å²) in [4.78, 5) is 10.5. The van der Waals surface area contributed by atoms with Crippen molar-refractivity contribution in [3.8, 4) is 0 Å². The van der Waals surface area contributed by atoms with E-state index in [0.717, 1.165) is 11.8 Å². The van der Waals surface area contributed by atoms with Crippen molar-refractivity contribution < 1.29 is 13.6 Å². The molecule has 0 aliphatic carbocycles. The second-order valence-electron chi connectivity index (χ2n) is 2.95. The van der Waals surface area contributed by atoms with Crippen molar-refractivity contribution in [3.05, 3.63) is 0 Å². The van der Waals surface area contributed by atoms with E-state index in [2.05, 4.69) is 0 Å². The minimum absolute atomic E-state index is 0.0434. The summed E-state index contributed by atoms with van der Waals surface area (Å²) in [5.74, 6) is 0.376. The molecule has 0 radical (unpaired) electrons. The van der Waals surface area contributed by atoms with Crippen LogP contribution in [0.4, 0.5) is 8.78 Å². The molecule has 0 rings (SSSR count). The lowest BCUT2D eigenvalue weighted by Gasteiger charge is -2.11. The van der Waals surface area contributed by atoms with Crippen molar-refractivity contribution in [2.24, 2.45) is 0 Å². The zero-order valence-corrected chi connectivity index (χ0v) is 8.87. The molecule has 2 atom stereocenters. The number of alkyl halides is 2. The van der Waals surface area contributed by atoms with E-state index in [4.69, 9.17) is 0 Å². The normalized spacial score (nSPS) is 15.4. The van der Waals surface area contributed by atoms with Gasteiger partial charge < -0.3 is 0 Å². The highest BCUT2D eigenvalue weighted by Crippen LogP contribution is 2.16. The molecule has 0 aromatic carbocycles. The quantitative estimate of drug-likeness (QED) is 0.670. The fraction of sp³-hybridized carbons (Fsp3) is 0.889. The second kappa shape index (κ2) is 7.30. The number of carbonyl (C=O) groups excluding carboxylic acids is 1. The summed E-state index contributed by atoms with van der Waals surface area (Å²) in [6, 6.07) is 0. The van der Waals surface area contributed by atoms with Crippen LogP contribution in [0.25, 0.3) is 0 Å². The smallest absolute Gasteiger partial charge is 0.185 e. The van der Waals surface area contributed by atoms with Gasteiger partial charge in [-0.15, -0.1) is 0 Å². The standard InChI is InChI=1S/C9H16F2OS/c1-3-4-8(10)9(11)5-6-13-7(2)12/h8-9H,3-6H2,1-2H3. The minimum Gasteiger partial charge on any atom is -0.288 e. The van der Waals surface area contributed by atoms with E-state index in [1.807, 2.05) is 6.92 Å². The van der Waals surface area contributed by atoms with Gasteiger partial charge in [0.2, 0.25) is 0 Å². The van der Waals surface area contributed by atoms with Crippen LogP contribution in [0.2, 0.25) is 0 Å². The molecule has 78 valence electrons. The van der Waals surface area contributed by atoms with Gasteiger partial charge >= 0.3 is 0 Å². The number of hydrogen-bond donors (Lipinski definition) is 0. The summed E-state index contributed by atoms with van der Waals surface area (Å²) in [6.45, 7) is 3.25. The van der Waals surface area contributed by atoms with Gasteiger partial charge in [0.15, 0.2) is 5.12 Å². The van der Waals surface area contributed by atoms with Crippen LogP contribution in [0.5, 0.6) is 0 Å². The van der Waals surface area contributed by atoms with Crippen LogP contribution in [-0.4, -0.2) is 23.2 Å². The van der Waals surface area contributed by atoms with E-state index < -0.39 is 12.3 Å². The first-order chi connectivity index (χ1) is 6.07. The summed E-state index contributed by atoms with van der Waals surface area (Å²) < 4.78 is 25.8. The highest BCUT2D eigenvalue weighted by atomic mass is 32.2. The minimum atomic E-state index is -1.41. The summed E-state index contributed by atoms with van der Waals surface area (Å²) in [5.41, 5.74) is 0. The topological polar surface area (TPSA) is 17.1 Å². The average molecular weight is 210 g/mol. The Morgan fingerprint density at radius 3 is 2.31 bits per heavy atom. The van der Waals surface area contributed by atoms with Gasteiger partial charge in [0, 0.05) is 12.7 Å².